The molecule has 39 valence electrons. The fourth-order valence-corrected chi connectivity index (χ4v) is 0.423. The predicted molar refractivity (Wildman–Crippen MR) is 27.9 cm³/mol. The van der Waals surface area contributed by atoms with Crippen LogP contribution in [0.5, 0.6) is 0 Å². The third-order valence-electron chi connectivity index (χ3n) is 0.975. The van der Waals surface area contributed by atoms with Crippen LogP contribution in [0.2, 0.25) is 0 Å². The Balaban J connectivity index is 2.30. The van der Waals surface area contributed by atoms with Gasteiger partial charge in [-0.05, 0) is 13.3 Å². The molecule has 0 amide bonds. The molecule has 0 aromatic heterocycles. The summed E-state index contributed by atoms with van der Waals surface area (Å²) in [6.07, 6.45) is 1.02. The Morgan fingerprint density at radius 1 is 2.00 bits per heavy atom. The van der Waals surface area contributed by atoms with Crippen LogP contribution in [0.15, 0.2) is 5.16 Å². The van der Waals surface area contributed by atoms with Gasteiger partial charge in [-0.15, -0.1) is 0 Å². The summed E-state index contributed by atoms with van der Waals surface area (Å²) < 4.78 is 0. The lowest BCUT2D eigenvalue weighted by Gasteiger charge is -1.78. The number of hydrogen-bond donors (Lipinski definition) is 0. The highest BCUT2D eigenvalue weighted by Crippen LogP contribution is 2.23. The average molecular weight is 98.1 g/mol. The molecule has 1 atom stereocenters. The van der Waals surface area contributed by atoms with Gasteiger partial charge in [0.05, 0.1) is 5.71 Å². The van der Waals surface area contributed by atoms with Crippen LogP contribution in [0.3, 0.4) is 0 Å². The quantitative estimate of drug-likeness (QED) is 0.445. The van der Waals surface area contributed by atoms with Crippen molar-refractivity contribution in [3.63, 3.8) is 0 Å². The van der Waals surface area contributed by atoms with Gasteiger partial charge in [0.25, 0.3) is 0 Å². The van der Waals surface area contributed by atoms with Crippen molar-refractivity contribution in [2.24, 2.45) is 11.1 Å². The molecule has 0 heterocycles. The zero-order valence-corrected chi connectivity index (χ0v) is 4.35. The fourth-order valence-electron chi connectivity index (χ4n) is 0.423. The van der Waals surface area contributed by atoms with Gasteiger partial charge in [0.15, 0.2) is 0 Å². The van der Waals surface area contributed by atoms with Crippen molar-refractivity contribution in [1.29, 1.82) is 0 Å². The summed E-state index contributed by atoms with van der Waals surface area (Å²) in [5.74, 6) is 0.444. The van der Waals surface area contributed by atoms with Gasteiger partial charge in [-0.25, -0.2) is 0 Å². The Labute approximate surface area is 43.2 Å². The first kappa shape index (κ1) is 4.62. The van der Waals surface area contributed by atoms with Gasteiger partial charge < -0.3 is 4.84 Å². The van der Waals surface area contributed by atoms with Gasteiger partial charge in [0, 0.05) is 5.92 Å². The van der Waals surface area contributed by atoms with Crippen LogP contribution in [-0.2, 0) is 4.84 Å². The summed E-state index contributed by atoms with van der Waals surface area (Å²) in [6.45, 7) is 3.74. The molecule has 0 bridgehead atoms. The van der Waals surface area contributed by atoms with Crippen LogP contribution >= 0.6 is 0 Å². The van der Waals surface area contributed by atoms with Gasteiger partial charge in [-0.1, -0.05) is 5.16 Å². The zero-order chi connectivity index (χ0) is 5.28. The molecule has 0 saturated heterocycles. The summed E-state index contributed by atoms with van der Waals surface area (Å²) in [6, 6.07) is 0. The summed E-state index contributed by atoms with van der Waals surface area (Å²) in [5, 5.41) is 3.67. The normalized spacial score (nSPS) is 33.4. The van der Waals surface area contributed by atoms with Crippen molar-refractivity contribution in [3.8, 4) is 0 Å². The van der Waals surface area contributed by atoms with Crippen molar-refractivity contribution in [1.82, 2.24) is 0 Å². The molecule has 7 heavy (non-hydrogen) atoms. The Hall–Kier alpha value is -0.530. The second-order valence-electron chi connectivity index (χ2n) is 1.67. The first-order valence-electron chi connectivity index (χ1n) is 2.27. The number of nitrogens with zero attached hydrogens (tertiary/aromatic N) is 1. The van der Waals surface area contributed by atoms with Crippen molar-refractivity contribution in [3.05, 3.63) is 6.92 Å². The molecule has 0 aromatic carbocycles. The minimum absolute atomic E-state index is 0.444. The van der Waals surface area contributed by atoms with Gasteiger partial charge in [-0.3, -0.25) is 0 Å². The van der Waals surface area contributed by atoms with E-state index in [0.29, 0.717) is 5.92 Å². The SMILES string of the molecule is [CH2]C1CC1=NOC. The van der Waals surface area contributed by atoms with Crippen molar-refractivity contribution < 1.29 is 4.84 Å². The van der Waals surface area contributed by atoms with E-state index < -0.39 is 0 Å². The molecule has 0 spiro atoms. The molecule has 1 rings (SSSR count). The van der Waals surface area contributed by atoms with Crippen LogP contribution in [0.1, 0.15) is 6.42 Å². The van der Waals surface area contributed by atoms with E-state index in [1.807, 2.05) is 0 Å². The van der Waals surface area contributed by atoms with E-state index in [4.69, 9.17) is 0 Å². The minimum atomic E-state index is 0.444. The standard InChI is InChI=1S/C5H8NO/c1-4-3-5(4)6-7-2/h4H,1,3H2,2H3. The maximum absolute atomic E-state index is 4.48. The summed E-state index contributed by atoms with van der Waals surface area (Å²) in [7, 11) is 1.55. The van der Waals surface area contributed by atoms with Crippen LogP contribution in [0.25, 0.3) is 0 Å². The highest BCUT2D eigenvalue weighted by Gasteiger charge is 2.27. The smallest absolute Gasteiger partial charge is 0.106 e. The Morgan fingerprint density at radius 2 is 2.57 bits per heavy atom. The van der Waals surface area contributed by atoms with Crippen molar-refractivity contribution in [2.75, 3.05) is 7.11 Å². The van der Waals surface area contributed by atoms with E-state index in [9.17, 15) is 0 Å². The van der Waals surface area contributed by atoms with Crippen molar-refractivity contribution >= 4 is 5.71 Å². The monoisotopic (exact) mass is 98.1 g/mol. The molecule has 0 N–H and O–H groups in total. The fraction of sp³-hybridized carbons (Fsp3) is 0.600. The van der Waals surface area contributed by atoms with Crippen LogP contribution in [-0.4, -0.2) is 12.8 Å². The topological polar surface area (TPSA) is 21.6 Å². The molecule has 1 fully saturated rings. The molecular formula is C5H8NO. The second kappa shape index (κ2) is 1.52. The maximum Gasteiger partial charge on any atom is 0.106 e. The molecule has 0 aliphatic heterocycles. The molecule has 1 unspecified atom stereocenters. The van der Waals surface area contributed by atoms with Gasteiger partial charge in [-0.2, -0.15) is 0 Å². The van der Waals surface area contributed by atoms with Crippen molar-refractivity contribution in [2.45, 2.75) is 6.42 Å². The zero-order valence-electron chi connectivity index (χ0n) is 4.35. The molecule has 1 saturated carbocycles. The Bertz CT molecular complexity index is 98.3. The lowest BCUT2D eigenvalue weighted by atomic mass is 10.5. The first-order chi connectivity index (χ1) is 3.34. The minimum Gasteiger partial charge on any atom is -0.399 e. The number of oxime groups is 1. The van der Waals surface area contributed by atoms with E-state index in [-0.39, 0.29) is 0 Å². The lowest BCUT2D eigenvalue weighted by molar-refractivity contribution is 0.214. The third-order valence-corrected chi connectivity index (χ3v) is 0.975. The summed E-state index contributed by atoms with van der Waals surface area (Å²) in [4.78, 5) is 4.48. The van der Waals surface area contributed by atoms with E-state index in [1.165, 1.54) is 0 Å². The number of hydrogen-bond acceptors (Lipinski definition) is 2. The highest BCUT2D eigenvalue weighted by molar-refractivity contribution is 6.01. The maximum atomic E-state index is 4.48. The number of rotatable bonds is 1. The van der Waals surface area contributed by atoms with Gasteiger partial charge >= 0.3 is 0 Å². The Kier molecular flexibility index (Phi) is 1.01. The van der Waals surface area contributed by atoms with Gasteiger partial charge in [0.2, 0.25) is 0 Å². The average Bonchev–Trinajstić information content (AvgIpc) is 2.22. The van der Waals surface area contributed by atoms with Crippen LogP contribution < -0.4 is 0 Å². The van der Waals surface area contributed by atoms with E-state index in [2.05, 4.69) is 16.9 Å². The van der Waals surface area contributed by atoms with Crippen LogP contribution in [0, 0.1) is 12.8 Å². The largest absolute Gasteiger partial charge is 0.399 e. The molecule has 1 radical (unpaired) electrons. The molecule has 0 aromatic rings. The summed E-state index contributed by atoms with van der Waals surface area (Å²) in [5.41, 5.74) is 1.09. The van der Waals surface area contributed by atoms with E-state index >= 15 is 0 Å². The predicted octanol–water partition coefficient (Wildman–Crippen LogP) is 0.843. The van der Waals surface area contributed by atoms with E-state index in [1.54, 1.807) is 7.11 Å². The summed E-state index contributed by atoms with van der Waals surface area (Å²) >= 11 is 0. The lowest BCUT2D eigenvalue weighted by Crippen LogP contribution is -1.72. The molecule has 1 aliphatic carbocycles. The Morgan fingerprint density at radius 3 is 2.71 bits per heavy atom. The molecule has 2 nitrogen and oxygen atoms in total. The van der Waals surface area contributed by atoms with E-state index in [0.717, 1.165) is 12.1 Å². The second-order valence-corrected chi connectivity index (χ2v) is 1.67. The van der Waals surface area contributed by atoms with Crippen LogP contribution in [0.4, 0.5) is 0 Å². The third kappa shape index (κ3) is 0.918. The molecular weight excluding hydrogens is 90.1 g/mol. The first-order valence-corrected chi connectivity index (χ1v) is 2.27. The highest BCUT2D eigenvalue weighted by atomic mass is 16.6. The molecule has 1 aliphatic rings. The molecule has 2 heteroatoms. The van der Waals surface area contributed by atoms with Gasteiger partial charge in [0.1, 0.15) is 7.11 Å².